The molecule has 0 atom stereocenters. The van der Waals surface area contributed by atoms with Gasteiger partial charge in [-0.05, 0) is 142 Å². The van der Waals surface area contributed by atoms with Crippen LogP contribution in [0.15, 0.2) is 251 Å². The number of ketones is 4. The number of piperazine rings is 4. The minimum atomic E-state index is -0.255. The fourth-order valence-electron chi connectivity index (χ4n) is 16.9. The Morgan fingerprint density at radius 1 is 0.429 bits per heavy atom. The molecule has 147 heavy (non-hydrogen) atoms. The molecule has 4 saturated heterocycles. The van der Waals surface area contributed by atoms with Crippen LogP contribution in [-0.4, -0.2) is 360 Å². The van der Waals surface area contributed by atoms with Crippen LogP contribution in [0.1, 0.15) is 69.2 Å². The minimum Gasteiger partial charge on any atom is -0.489 e. The largest absolute Gasteiger partial charge is 0.489 e. The molecule has 12 N–H and O–H groups in total. The Bertz CT molecular complexity index is 7100. The number of carbonyl (C=O) groups excluding carboxylic acids is 4. The number of hydrogen-bond donors (Lipinski definition) is 8. The standard InChI is InChI=1S/C22H28N6O2.C21H28N7O2.C20H23ClN6O.C20H24N6O.C20H25N5O2.5CH4/c1-16-14-18(17(15-20(16)30)23-7-13-29)24-21-19-6-4-5-8-27(19)25-22(21)26-9-11-28(2,3)12-10-26;1-28(2)9-7-26(8-10-28)21-20(18-5-3-4-6-27(18)25-21)24-17-14-19(30-12-11-29)16(23)13-15(17)22;1-13-12-14(17(22)16(21)19(13)28)23-18-15-6-4-5-7-26(15)24-20(18)25-8-10-27(2,3)11-9-25;1-14-12-16(15(21)13-18(14)27)22-19-17-6-4-5-7-25(17)23-20(19)24-8-10-26(2,3)11-9-24;1-13-6-9-17-19(22-16-8-7-15(21)12-18(16)26)20(23-24(17)14(13)2)27-11-10-25(3,4)5;;;;;/h4-6,8,14-15,29H,7,9-13H2,1-3H3;3-6,13-14,22,29H,7-12,23H2,1-2H3;4-7,12H,8-11H2,1-3H3,(H-,22,28);4-7,12-13H,8-11H2,1-3H3,(H-,21,27);6-9,12H,10-11H2,1-5H3,(H-,21,26);5*1H4/q;+1;;;;;;;;/p+4. The van der Waals surface area contributed by atoms with Crippen LogP contribution in [0.3, 0.4) is 0 Å². The number of rotatable bonds is 19. The number of aryl methyl sites for hydroxylation is 2. The highest BCUT2D eigenvalue weighted by atomic mass is 35.5. The number of aliphatic hydroxyl groups excluding tert-OH is 2. The number of allylic oxidation sites excluding steroid dienone is 14. The number of carbonyl (C=O) groups is 4. The highest BCUT2D eigenvalue weighted by Gasteiger charge is 2.36. The summed E-state index contributed by atoms with van der Waals surface area (Å²) >= 11 is 6.14. The average molecular weight is 2030 g/mol. The zero-order valence-corrected chi connectivity index (χ0v) is 84.7. The van der Waals surface area contributed by atoms with Gasteiger partial charge in [-0.3, -0.25) is 24.6 Å². The van der Waals surface area contributed by atoms with Gasteiger partial charge in [-0.2, -0.15) is 0 Å². The number of quaternary nitrogens is 5. The van der Waals surface area contributed by atoms with Crippen LogP contribution in [0.25, 0.3) is 27.6 Å². The third-order valence-corrected chi connectivity index (χ3v) is 26.7. The first-order valence-corrected chi connectivity index (χ1v) is 48.0. The van der Waals surface area contributed by atoms with E-state index in [1.54, 1.807) is 63.3 Å². The van der Waals surface area contributed by atoms with Crippen LogP contribution in [0, 0.1) is 19.3 Å². The third-order valence-electron chi connectivity index (χ3n) is 26.3. The molecule has 4 fully saturated rings. The van der Waals surface area contributed by atoms with Gasteiger partial charge in [-0.15, -0.1) is 25.5 Å². The summed E-state index contributed by atoms with van der Waals surface area (Å²) < 4.78 is 25.4. The Kier molecular flexibility index (Phi) is 37.1. The van der Waals surface area contributed by atoms with Gasteiger partial charge in [0.05, 0.1) is 274 Å². The molecule has 0 unspecified atom stereocenters. The van der Waals surface area contributed by atoms with E-state index in [9.17, 15) is 24.3 Å². The maximum atomic E-state index is 12.2. The molecule has 10 aromatic heterocycles. The smallest absolute Gasteiger partial charge is 0.260 e. The van der Waals surface area contributed by atoms with Gasteiger partial charge in [0.2, 0.25) is 11.6 Å². The van der Waals surface area contributed by atoms with E-state index in [-0.39, 0.29) is 96.5 Å². The molecule has 0 spiro atoms. The number of ether oxygens (including phenoxy) is 2. The van der Waals surface area contributed by atoms with Crippen molar-refractivity contribution in [3.8, 4) is 5.88 Å². The highest BCUT2D eigenvalue weighted by molar-refractivity contribution is 6.51. The van der Waals surface area contributed by atoms with Crippen molar-refractivity contribution in [3.63, 3.8) is 0 Å². The lowest BCUT2D eigenvalue weighted by Gasteiger charge is -2.39. The van der Waals surface area contributed by atoms with Crippen molar-refractivity contribution in [2.45, 2.75) is 71.8 Å². The van der Waals surface area contributed by atoms with Gasteiger partial charge in [0.15, 0.2) is 40.5 Å². The summed E-state index contributed by atoms with van der Waals surface area (Å²) in [6.07, 6.45) is 23.7. The molecule has 0 saturated carbocycles. The number of anilines is 4. The van der Waals surface area contributed by atoms with Crippen LogP contribution in [0.2, 0.25) is 0 Å². The summed E-state index contributed by atoms with van der Waals surface area (Å²) in [5.41, 5.74) is 40.5. The molecule has 0 bridgehead atoms. The van der Waals surface area contributed by atoms with Gasteiger partial charge >= 0.3 is 0 Å². The van der Waals surface area contributed by atoms with Gasteiger partial charge in [0.25, 0.3) is 5.88 Å². The predicted octanol–water partition coefficient (Wildman–Crippen LogP) is 11.6. The number of nitrogens with zero attached hydrogens (tertiary/aromatic N) is 24. The second-order valence-corrected chi connectivity index (χ2v) is 40.6. The lowest BCUT2D eigenvalue weighted by molar-refractivity contribution is -0.890. The summed E-state index contributed by atoms with van der Waals surface area (Å²) in [5.74, 6) is 3.60. The molecule has 0 aromatic carbocycles. The molecule has 5 aliphatic carbocycles. The molecule has 0 amide bonds. The first-order valence-electron chi connectivity index (χ1n) is 47.6. The first-order chi connectivity index (χ1) is 67.5. The molecule has 784 valence electrons. The number of aromatic nitrogens is 10. The Morgan fingerprint density at radius 3 is 1.25 bits per heavy atom. The van der Waals surface area contributed by atoms with E-state index in [0.29, 0.717) is 98.5 Å². The monoisotopic (exact) mass is 2030 g/mol. The van der Waals surface area contributed by atoms with Crippen LogP contribution in [-0.2, 0) is 23.9 Å². The van der Waals surface area contributed by atoms with Crippen molar-refractivity contribution in [3.05, 3.63) is 238 Å². The Morgan fingerprint density at radius 2 is 0.830 bits per heavy atom. The minimum absolute atomic E-state index is 0. The zero-order chi connectivity index (χ0) is 102. The number of nitrogens with one attached hydrogen (secondary N) is 2. The van der Waals surface area contributed by atoms with Crippen molar-refractivity contribution in [1.29, 1.82) is 5.41 Å². The fraction of sp³-hybridized carbons (Fsp3) is 0.398. The predicted molar refractivity (Wildman–Crippen MR) is 596 cm³/mol. The molecular formula is C108H152ClN30O8+5. The van der Waals surface area contributed by atoms with Crippen LogP contribution < -0.4 is 52.6 Å². The molecule has 0 radical (unpaired) electrons. The molecule has 19 rings (SSSR count). The number of fused-ring (bicyclic) bond motifs is 5. The SMILES string of the molecule is C.C.C.C.C.CC1=CC(=Nc2c(N3CC[N+](C)(C)CC3)nn3ccccc23)C(N)=C(Cl)C1=O.CC1=CC(=Nc2c(N3CC[N+](C)(C)CC3)nn3ccccc23)C(N)=CC1=O.CC1=CC(=Nc2c(N3CC[N+](C)(C)CC3)nn3ccccc23)C(NCCO)=CC1=O.C[N+]1(C)CCN(c2nn3ccccc3c2N=C2C=C(OCCO)C(N)=CC2=N)CC1.Cc1ccc2c(N=C3C=CC(N)=CC3=O)c(OCC[N+](C)(C)C)nn2c1C. The number of Topliss-reactive ketones (excluding diaryl/α,β-unsaturated/α-hetero) is 1. The second kappa shape index (κ2) is 47.7. The number of likely N-dealkylation sites (N-methyl/N-ethyl adjacent to an activating group) is 5. The first kappa shape index (κ1) is 114. The maximum absolute atomic E-state index is 12.2. The number of pyridine rings is 5. The van der Waals surface area contributed by atoms with E-state index in [2.05, 4.69) is 113 Å². The highest BCUT2D eigenvalue weighted by Crippen LogP contribution is 2.41. The van der Waals surface area contributed by atoms with Crippen molar-refractivity contribution in [2.75, 3.05) is 241 Å². The summed E-state index contributed by atoms with van der Waals surface area (Å²) in [6.45, 7) is 26.5. The van der Waals surface area contributed by atoms with Crippen LogP contribution >= 0.6 is 11.6 Å². The topological polar surface area (TPSA) is 428 Å². The zero-order valence-electron chi connectivity index (χ0n) is 84.0. The number of aliphatic hydroxyl groups is 2. The summed E-state index contributed by atoms with van der Waals surface area (Å²) in [7, 11) is 24.3. The van der Waals surface area contributed by atoms with Gasteiger partial charge in [0.1, 0.15) is 59.0 Å². The van der Waals surface area contributed by atoms with Gasteiger partial charge < -0.3 is 90.0 Å². The summed E-state index contributed by atoms with van der Waals surface area (Å²) in [6, 6.07) is 27.6. The molecule has 38 nitrogen and oxygen atoms in total. The molecule has 14 heterocycles. The summed E-state index contributed by atoms with van der Waals surface area (Å²) in [4.78, 5) is 81.5. The van der Waals surface area contributed by atoms with E-state index >= 15 is 0 Å². The van der Waals surface area contributed by atoms with E-state index in [0.717, 1.165) is 219 Å². The molecule has 39 heteroatoms. The number of halogens is 1. The quantitative estimate of drug-likeness (QED) is 0.0212. The molecule has 9 aliphatic rings. The van der Waals surface area contributed by atoms with Gasteiger partial charge in [-0.1, -0.05) is 79.1 Å². The fourth-order valence-corrected chi connectivity index (χ4v) is 17.1. The van der Waals surface area contributed by atoms with E-state index in [1.807, 2.05) is 146 Å². The lowest BCUT2D eigenvalue weighted by Crippen LogP contribution is -2.55. The normalized spacial score (nSPS) is 19.4. The van der Waals surface area contributed by atoms with E-state index in [4.69, 9.17) is 94.9 Å². The molecular weight excluding hydrogens is 1880 g/mol. The molecule has 4 aliphatic heterocycles. The maximum Gasteiger partial charge on any atom is 0.260 e. The Labute approximate surface area is 868 Å². The summed E-state index contributed by atoms with van der Waals surface area (Å²) in [5, 5.41) is 53.5. The van der Waals surface area contributed by atoms with E-state index in [1.165, 1.54) is 18.2 Å². The van der Waals surface area contributed by atoms with Crippen molar-refractivity contribution in [1.82, 2.24) is 53.4 Å². The van der Waals surface area contributed by atoms with E-state index < -0.39 is 0 Å². The van der Waals surface area contributed by atoms with Crippen molar-refractivity contribution >= 4 is 148 Å². The van der Waals surface area contributed by atoms with Gasteiger partial charge in [0, 0.05) is 72.6 Å². The number of hydrogen-bond acceptors (Lipinski definition) is 28. The molecule has 10 aromatic rings. The average Bonchev–Trinajstić information content (AvgIpc) is 1.64. The van der Waals surface area contributed by atoms with Crippen molar-refractivity contribution < 1.29 is 61.3 Å². The Balaban J connectivity index is 0.000000187. The lowest BCUT2D eigenvalue weighted by atomic mass is 10.0. The Hall–Kier alpha value is -14.6. The van der Waals surface area contributed by atoms with Crippen molar-refractivity contribution in [2.24, 2.45) is 47.9 Å². The van der Waals surface area contributed by atoms with Gasteiger partial charge in [-0.25, -0.2) is 47.5 Å². The number of aliphatic imine (C=N–C) groups is 5. The number of nitrogens with two attached hydrogens (primary N) is 4. The van der Waals surface area contributed by atoms with Crippen LogP contribution in [0.5, 0.6) is 5.88 Å². The van der Waals surface area contributed by atoms with Crippen LogP contribution in [0.4, 0.5) is 51.7 Å². The third kappa shape index (κ3) is 26.8. The second-order valence-electron chi connectivity index (χ2n) is 40.2.